The predicted molar refractivity (Wildman–Crippen MR) is 86.7 cm³/mol. The predicted octanol–water partition coefficient (Wildman–Crippen LogP) is 3.07. The minimum absolute atomic E-state index is 0.170. The number of anilines is 2. The Bertz CT molecular complexity index is 692. The summed E-state index contributed by atoms with van der Waals surface area (Å²) in [7, 11) is 0. The van der Waals surface area contributed by atoms with E-state index in [1.807, 2.05) is 44.2 Å². The van der Waals surface area contributed by atoms with Crippen LogP contribution in [0, 0.1) is 4.77 Å². The van der Waals surface area contributed by atoms with Crippen LogP contribution < -0.4 is 10.9 Å². The zero-order valence-electron chi connectivity index (χ0n) is 12.1. The van der Waals surface area contributed by atoms with Gasteiger partial charge < -0.3 is 14.6 Å². The van der Waals surface area contributed by atoms with Gasteiger partial charge in [-0.25, -0.2) is 0 Å². The number of H-pyrrole nitrogens is 1. The molecule has 21 heavy (non-hydrogen) atoms. The van der Waals surface area contributed by atoms with Crippen molar-refractivity contribution in [3.05, 3.63) is 51.7 Å². The second-order valence-electron chi connectivity index (χ2n) is 4.91. The highest BCUT2D eigenvalue weighted by molar-refractivity contribution is 7.71. The highest BCUT2D eigenvalue weighted by Gasteiger charge is 2.04. The van der Waals surface area contributed by atoms with Gasteiger partial charge in [0.25, 0.3) is 5.56 Å². The molecule has 112 valence electrons. The zero-order chi connectivity index (χ0) is 15.2. The molecule has 5 nitrogen and oxygen atoms in total. The molecule has 0 saturated carbocycles. The van der Waals surface area contributed by atoms with E-state index in [-0.39, 0.29) is 11.7 Å². The Balaban J connectivity index is 2.18. The zero-order valence-corrected chi connectivity index (χ0v) is 12.9. The lowest BCUT2D eigenvalue weighted by atomic mass is 10.3. The summed E-state index contributed by atoms with van der Waals surface area (Å²) in [6.07, 6.45) is 1.89. The van der Waals surface area contributed by atoms with Crippen LogP contribution in [0.15, 0.2) is 41.3 Å². The Morgan fingerprint density at radius 3 is 2.71 bits per heavy atom. The molecule has 0 radical (unpaired) electrons. The second-order valence-corrected chi connectivity index (χ2v) is 5.29. The number of benzene rings is 1. The fraction of sp³-hybridized carbons (Fsp3) is 0.333. The van der Waals surface area contributed by atoms with Crippen molar-refractivity contribution >= 4 is 23.6 Å². The number of nitrogens with one attached hydrogen (secondary N) is 2. The van der Waals surface area contributed by atoms with E-state index in [0.717, 1.165) is 5.69 Å². The van der Waals surface area contributed by atoms with Crippen LogP contribution in [0.4, 0.5) is 11.4 Å². The van der Waals surface area contributed by atoms with Gasteiger partial charge in [0.1, 0.15) is 5.69 Å². The van der Waals surface area contributed by atoms with Crippen LogP contribution in [0.2, 0.25) is 0 Å². The van der Waals surface area contributed by atoms with Crippen LogP contribution in [-0.2, 0) is 11.3 Å². The summed E-state index contributed by atoms with van der Waals surface area (Å²) in [4.78, 5) is 14.6. The molecule has 0 amide bonds. The Hall–Kier alpha value is -1.92. The molecule has 0 aliphatic rings. The second kappa shape index (κ2) is 7.19. The first kappa shape index (κ1) is 15.5. The van der Waals surface area contributed by atoms with E-state index in [9.17, 15) is 4.79 Å². The van der Waals surface area contributed by atoms with Gasteiger partial charge in [0.2, 0.25) is 0 Å². The number of ether oxygens (including phenoxy) is 1. The minimum Gasteiger partial charge on any atom is -0.377 e. The smallest absolute Gasteiger partial charge is 0.275 e. The third-order valence-corrected chi connectivity index (χ3v) is 3.18. The quantitative estimate of drug-likeness (QED) is 0.805. The maximum absolute atomic E-state index is 11.9. The summed E-state index contributed by atoms with van der Waals surface area (Å²) in [5.74, 6) is 0. The maximum Gasteiger partial charge on any atom is 0.275 e. The van der Waals surface area contributed by atoms with Crippen molar-refractivity contribution in [3.8, 4) is 0 Å². The summed E-state index contributed by atoms with van der Waals surface area (Å²) in [6.45, 7) is 5.10. The average Bonchev–Trinajstić information content (AvgIpc) is 2.44. The van der Waals surface area contributed by atoms with Crippen LogP contribution in [0.3, 0.4) is 0 Å². The van der Waals surface area contributed by atoms with Crippen molar-refractivity contribution in [2.75, 3.05) is 11.9 Å². The van der Waals surface area contributed by atoms with Gasteiger partial charge in [0, 0.05) is 18.4 Å². The van der Waals surface area contributed by atoms with Gasteiger partial charge in [0.05, 0.1) is 12.7 Å². The number of para-hydroxylation sites is 1. The average molecular weight is 305 g/mol. The van der Waals surface area contributed by atoms with Crippen LogP contribution in [0.1, 0.15) is 13.8 Å². The van der Waals surface area contributed by atoms with Crippen LogP contribution >= 0.6 is 12.2 Å². The number of aromatic nitrogens is 2. The lowest BCUT2D eigenvalue weighted by Gasteiger charge is -2.12. The molecular weight excluding hydrogens is 286 g/mol. The molecule has 0 spiro atoms. The SMILES string of the molecule is CC(C)OCCn1cc(Nc2ccccc2)c(=O)[nH]c1=S. The van der Waals surface area contributed by atoms with Crippen molar-refractivity contribution in [2.45, 2.75) is 26.5 Å². The van der Waals surface area contributed by atoms with Gasteiger partial charge in [-0.3, -0.25) is 9.78 Å². The van der Waals surface area contributed by atoms with Gasteiger partial charge >= 0.3 is 0 Å². The molecule has 2 N–H and O–H groups in total. The summed E-state index contributed by atoms with van der Waals surface area (Å²) in [5.41, 5.74) is 1.08. The van der Waals surface area contributed by atoms with Crippen LogP contribution in [-0.4, -0.2) is 22.3 Å². The van der Waals surface area contributed by atoms with Crippen molar-refractivity contribution in [1.29, 1.82) is 0 Å². The Morgan fingerprint density at radius 1 is 1.33 bits per heavy atom. The van der Waals surface area contributed by atoms with Crippen LogP contribution in [0.5, 0.6) is 0 Å². The molecule has 0 aliphatic carbocycles. The van der Waals surface area contributed by atoms with E-state index in [1.54, 1.807) is 10.8 Å². The molecular formula is C15H19N3O2S. The topological polar surface area (TPSA) is 59.0 Å². The van der Waals surface area contributed by atoms with Gasteiger partial charge in [-0.15, -0.1) is 0 Å². The maximum atomic E-state index is 11.9. The molecule has 1 heterocycles. The van der Waals surface area contributed by atoms with Crippen molar-refractivity contribution < 1.29 is 4.74 Å². The first-order valence-corrected chi connectivity index (χ1v) is 7.24. The van der Waals surface area contributed by atoms with Gasteiger partial charge in [-0.1, -0.05) is 18.2 Å². The third kappa shape index (κ3) is 4.54. The van der Waals surface area contributed by atoms with Crippen molar-refractivity contribution in [2.24, 2.45) is 0 Å². The van der Waals surface area contributed by atoms with Gasteiger partial charge in [-0.2, -0.15) is 0 Å². The number of aromatic amines is 1. The number of hydrogen-bond acceptors (Lipinski definition) is 4. The third-order valence-electron chi connectivity index (χ3n) is 2.85. The van der Waals surface area contributed by atoms with E-state index >= 15 is 0 Å². The first-order chi connectivity index (χ1) is 10.1. The Morgan fingerprint density at radius 2 is 2.05 bits per heavy atom. The lowest BCUT2D eigenvalue weighted by Crippen LogP contribution is -2.19. The van der Waals surface area contributed by atoms with E-state index in [2.05, 4.69) is 10.3 Å². The van der Waals surface area contributed by atoms with Gasteiger partial charge in [0.15, 0.2) is 4.77 Å². The molecule has 0 saturated heterocycles. The molecule has 0 atom stereocenters. The van der Waals surface area contributed by atoms with E-state index in [1.165, 1.54) is 0 Å². The highest BCUT2D eigenvalue weighted by atomic mass is 32.1. The lowest BCUT2D eigenvalue weighted by molar-refractivity contribution is 0.0723. The molecule has 0 aliphatic heterocycles. The molecule has 6 heteroatoms. The monoisotopic (exact) mass is 305 g/mol. The molecule has 2 rings (SSSR count). The number of rotatable bonds is 6. The summed E-state index contributed by atoms with van der Waals surface area (Å²) in [5, 5.41) is 3.09. The summed E-state index contributed by atoms with van der Waals surface area (Å²) >= 11 is 5.17. The Kier molecular flexibility index (Phi) is 5.30. The van der Waals surface area contributed by atoms with E-state index in [4.69, 9.17) is 17.0 Å². The largest absolute Gasteiger partial charge is 0.377 e. The minimum atomic E-state index is -0.232. The fourth-order valence-corrected chi connectivity index (χ4v) is 2.06. The molecule has 2 aromatic rings. The standard InChI is InChI=1S/C15H19N3O2S/c1-11(2)20-9-8-18-10-13(14(19)17-15(18)21)16-12-6-4-3-5-7-12/h3-7,10-11,16H,8-9H2,1-2H3,(H,17,19,21). The summed E-state index contributed by atoms with van der Waals surface area (Å²) < 4.78 is 7.70. The van der Waals surface area contributed by atoms with Crippen LogP contribution in [0.25, 0.3) is 0 Å². The van der Waals surface area contributed by atoms with E-state index < -0.39 is 0 Å². The summed E-state index contributed by atoms with van der Waals surface area (Å²) in [6, 6.07) is 9.52. The fourth-order valence-electron chi connectivity index (χ4n) is 1.83. The van der Waals surface area contributed by atoms with Crippen molar-refractivity contribution in [1.82, 2.24) is 9.55 Å². The Labute approximate surface area is 128 Å². The van der Waals surface area contributed by atoms with Gasteiger partial charge in [-0.05, 0) is 38.2 Å². The van der Waals surface area contributed by atoms with E-state index in [0.29, 0.717) is 23.6 Å². The normalized spacial score (nSPS) is 10.8. The molecule has 1 aromatic heterocycles. The number of nitrogens with zero attached hydrogens (tertiary/aromatic N) is 1. The highest BCUT2D eigenvalue weighted by Crippen LogP contribution is 2.11. The molecule has 0 bridgehead atoms. The van der Waals surface area contributed by atoms with Crippen molar-refractivity contribution in [3.63, 3.8) is 0 Å². The number of hydrogen-bond donors (Lipinski definition) is 2. The molecule has 1 aromatic carbocycles. The molecule has 0 fully saturated rings. The molecule has 0 unspecified atom stereocenters. The first-order valence-electron chi connectivity index (χ1n) is 6.83.